The van der Waals surface area contributed by atoms with Gasteiger partial charge < -0.3 is 28.4 Å². The fraction of sp³-hybridized carbons (Fsp3) is 0.830. The van der Waals surface area contributed by atoms with Crippen molar-refractivity contribution in [3.05, 3.63) is 42.0 Å². The van der Waals surface area contributed by atoms with Crippen LogP contribution in [0.25, 0.3) is 0 Å². The second-order valence-electron chi connectivity index (χ2n) is 15.9. The summed E-state index contributed by atoms with van der Waals surface area (Å²) < 4.78 is 62.7. The lowest BCUT2D eigenvalue weighted by Crippen LogP contribution is -2.37. The first-order valence-electron chi connectivity index (χ1n) is 23.3. The number of hydrogen-bond donors (Lipinski definition) is 0. The molecule has 0 spiro atoms. The highest BCUT2D eigenvalue weighted by atomic mass is 32.2. The van der Waals surface area contributed by atoms with Crippen molar-refractivity contribution in [3.8, 4) is 0 Å². The molecule has 2 rings (SSSR count). The molecule has 1 aromatic carbocycles. The average molecular weight is 824 g/mol. The van der Waals surface area contributed by atoms with Crippen LogP contribution in [0.1, 0.15) is 173 Å². The maximum Gasteiger partial charge on any atom is 0.243 e. The molecule has 0 bridgehead atoms. The Bertz CT molecular complexity index is 1080. The quantitative estimate of drug-likeness (QED) is 0.272. The van der Waals surface area contributed by atoms with E-state index in [9.17, 15) is 8.42 Å². The van der Waals surface area contributed by atoms with Crippen LogP contribution in [0.5, 0.6) is 0 Å². The fourth-order valence-electron chi connectivity index (χ4n) is 7.04. The minimum Gasteiger partial charge on any atom is -0.377 e. The van der Waals surface area contributed by atoms with E-state index in [1.165, 1.54) is 146 Å². The first-order valence-corrected chi connectivity index (χ1v) is 24.7. The lowest BCUT2D eigenvalue weighted by molar-refractivity contribution is -0.0635. The molecule has 0 radical (unpaired) electrons. The van der Waals surface area contributed by atoms with E-state index in [1.807, 2.05) is 19.1 Å². The van der Waals surface area contributed by atoms with Crippen molar-refractivity contribution in [1.82, 2.24) is 4.31 Å². The Morgan fingerprint density at radius 3 is 1.00 bits per heavy atom. The maximum absolute atomic E-state index is 13.5. The van der Waals surface area contributed by atoms with Crippen molar-refractivity contribution in [3.63, 3.8) is 0 Å². The first kappa shape index (κ1) is 51.8. The van der Waals surface area contributed by atoms with Gasteiger partial charge in [-0.1, -0.05) is 171 Å². The third kappa shape index (κ3) is 31.2. The minimum absolute atomic E-state index is 0.171. The SMILES string of the molecule is Cc1ccc(S(=O)(=O)N2CCOCOCCCCCCCCCCCCCCCOC/C=C\COCCCCCCCCCCCCCCCOCOCC2)cc1. The van der Waals surface area contributed by atoms with Crippen molar-refractivity contribution in [2.45, 2.75) is 179 Å². The van der Waals surface area contributed by atoms with Crippen molar-refractivity contribution >= 4 is 10.0 Å². The van der Waals surface area contributed by atoms with Crippen LogP contribution in [0.15, 0.2) is 41.3 Å². The number of ether oxygens (including phenoxy) is 6. The molecular formula is C47H85NO8S. The van der Waals surface area contributed by atoms with Gasteiger partial charge in [0.15, 0.2) is 0 Å². The van der Waals surface area contributed by atoms with Gasteiger partial charge in [-0.05, 0) is 44.7 Å². The van der Waals surface area contributed by atoms with E-state index >= 15 is 0 Å². The van der Waals surface area contributed by atoms with Crippen molar-refractivity contribution in [2.75, 3.05) is 79.5 Å². The molecule has 1 aliphatic heterocycles. The van der Waals surface area contributed by atoms with E-state index in [1.54, 1.807) is 12.1 Å². The molecule has 332 valence electrons. The molecule has 0 atom stereocenters. The predicted octanol–water partition coefficient (Wildman–Crippen LogP) is 11.7. The Kier molecular flexibility index (Phi) is 35.2. The maximum atomic E-state index is 13.5. The molecule has 10 heteroatoms. The summed E-state index contributed by atoms with van der Waals surface area (Å²) in [7, 11) is -3.69. The number of nitrogens with zero attached hydrogens (tertiary/aromatic N) is 1. The highest BCUT2D eigenvalue weighted by molar-refractivity contribution is 7.89. The van der Waals surface area contributed by atoms with Gasteiger partial charge in [0.05, 0.1) is 31.3 Å². The Labute approximate surface area is 350 Å². The summed E-state index contributed by atoms with van der Waals surface area (Å²) in [4.78, 5) is 0.278. The molecule has 0 N–H and O–H groups in total. The Morgan fingerprint density at radius 2 is 0.667 bits per heavy atom. The highest BCUT2D eigenvalue weighted by Crippen LogP contribution is 2.17. The topological polar surface area (TPSA) is 92.8 Å². The average Bonchev–Trinajstić information content (AvgIpc) is 3.21. The molecule has 1 heterocycles. The van der Waals surface area contributed by atoms with E-state index in [4.69, 9.17) is 28.4 Å². The summed E-state index contributed by atoms with van der Waals surface area (Å²) in [6.07, 6.45) is 37.3. The summed E-state index contributed by atoms with van der Waals surface area (Å²) in [6, 6.07) is 6.97. The summed E-state index contributed by atoms with van der Waals surface area (Å²) in [5, 5.41) is 0. The molecule has 1 aromatic rings. The predicted molar refractivity (Wildman–Crippen MR) is 234 cm³/mol. The summed E-state index contributed by atoms with van der Waals surface area (Å²) in [5.74, 6) is 0. The van der Waals surface area contributed by atoms with Gasteiger partial charge in [0.25, 0.3) is 0 Å². The Hall–Kier alpha value is -1.37. The van der Waals surface area contributed by atoms with Gasteiger partial charge in [-0.3, -0.25) is 0 Å². The van der Waals surface area contributed by atoms with Crippen LogP contribution in [0, 0.1) is 6.92 Å². The molecule has 0 fully saturated rings. The van der Waals surface area contributed by atoms with E-state index in [0.29, 0.717) is 26.4 Å². The van der Waals surface area contributed by atoms with Gasteiger partial charge in [0.1, 0.15) is 13.6 Å². The van der Waals surface area contributed by atoms with Gasteiger partial charge in [-0.2, -0.15) is 4.31 Å². The van der Waals surface area contributed by atoms with Crippen LogP contribution in [-0.4, -0.2) is 92.3 Å². The molecular weight excluding hydrogens is 739 g/mol. The standard InChI is InChI=1S/C47H85NO8S/c1-46-30-32-47(33-31-46)57(49,50)48-34-42-55-44-53-40-26-22-18-14-10-6-2-4-8-12-16-20-24-36-51-38-28-29-39-52-37-25-21-17-13-9-5-3-7-11-15-19-23-27-41-54-45-56-43-35-48/h28-33H,2-27,34-45H2,1H3/b29-28-. The Morgan fingerprint density at radius 1 is 0.386 bits per heavy atom. The molecule has 0 saturated heterocycles. The van der Waals surface area contributed by atoms with E-state index in [-0.39, 0.29) is 44.8 Å². The van der Waals surface area contributed by atoms with E-state index in [0.717, 1.165) is 44.5 Å². The van der Waals surface area contributed by atoms with E-state index in [2.05, 4.69) is 12.2 Å². The lowest BCUT2D eigenvalue weighted by Gasteiger charge is -2.22. The largest absolute Gasteiger partial charge is 0.377 e. The van der Waals surface area contributed by atoms with E-state index < -0.39 is 10.0 Å². The van der Waals surface area contributed by atoms with Crippen LogP contribution in [0.2, 0.25) is 0 Å². The summed E-state index contributed by atoms with van der Waals surface area (Å²) in [6.45, 7) is 7.71. The molecule has 1 aliphatic rings. The molecule has 57 heavy (non-hydrogen) atoms. The van der Waals surface area contributed by atoms with Crippen LogP contribution in [0.3, 0.4) is 0 Å². The van der Waals surface area contributed by atoms with Crippen molar-refractivity contribution in [1.29, 1.82) is 0 Å². The van der Waals surface area contributed by atoms with Crippen LogP contribution >= 0.6 is 0 Å². The van der Waals surface area contributed by atoms with Gasteiger partial charge in [0, 0.05) is 39.5 Å². The highest BCUT2D eigenvalue weighted by Gasteiger charge is 2.24. The van der Waals surface area contributed by atoms with Crippen LogP contribution in [-0.2, 0) is 38.4 Å². The summed E-state index contributed by atoms with van der Waals surface area (Å²) in [5.41, 5.74) is 1.02. The smallest absolute Gasteiger partial charge is 0.243 e. The van der Waals surface area contributed by atoms with Gasteiger partial charge in [0.2, 0.25) is 10.0 Å². The Balaban J connectivity index is 1.64. The van der Waals surface area contributed by atoms with Gasteiger partial charge in [-0.25, -0.2) is 8.42 Å². The molecule has 0 unspecified atom stereocenters. The van der Waals surface area contributed by atoms with Gasteiger partial charge in [-0.15, -0.1) is 0 Å². The third-order valence-electron chi connectivity index (χ3n) is 10.7. The zero-order valence-corrected chi connectivity index (χ0v) is 37.3. The third-order valence-corrected chi connectivity index (χ3v) is 12.6. The zero-order chi connectivity index (χ0) is 40.6. The monoisotopic (exact) mass is 824 g/mol. The number of hydrogen-bond acceptors (Lipinski definition) is 8. The molecule has 0 saturated carbocycles. The van der Waals surface area contributed by atoms with Crippen LogP contribution in [0.4, 0.5) is 0 Å². The normalized spacial score (nSPS) is 22.8. The zero-order valence-electron chi connectivity index (χ0n) is 36.5. The number of rotatable bonds is 2. The molecule has 0 amide bonds. The minimum atomic E-state index is -3.69. The lowest BCUT2D eigenvalue weighted by atomic mass is 10.0. The van der Waals surface area contributed by atoms with Crippen LogP contribution < -0.4 is 0 Å². The second kappa shape index (κ2) is 38.8. The first-order chi connectivity index (χ1) is 28.1. The molecule has 9 nitrogen and oxygen atoms in total. The second-order valence-corrected chi connectivity index (χ2v) is 17.8. The van der Waals surface area contributed by atoms with Gasteiger partial charge >= 0.3 is 0 Å². The number of benzene rings is 1. The summed E-state index contributed by atoms with van der Waals surface area (Å²) >= 11 is 0. The number of sulfonamides is 1. The molecule has 0 aromatic heterocycles. The fourth-order valence-corrected chi connectivity index (χ4v) is 8.45. The number of aryl methyl sites for hydroxylation is 1. The van der Waals surface area contributed by atoms with Crippen molar-refractivity contribution < 1.29 is 36.8 Å². The van der Waals surface area contributed by atoms with Crippen molar-refractivity contribution in [2.24, 2.45) is 0 Å². The molecule has 0 aliphatic carbocycles.